The van der Waals surface area contributed by atoms with Crippen LogP contribution in [0, 0.1) is 0 Å². The van der Waals surface area contributed by atoms with Gasteiger partial charge in [-0.05, 0) is 44.4 Å². The van der Waals surface area contributed by atoms with Crippen molar-refractivity contribution in [3.05, 3.63) is 36.0 Å². The Kier molecular flexibility index (Phi) is 3.62. The number of nitrogens with zero attached hydrogens (tertiary/aromatic N) is 1. The topological polar surface area (TPSA) is 56.3 Å². The maximum atomic E-state index is 12.4. The van der Waals surface area contributed by atoms with E-state index >= 15 is 0 Å². The highest BCUT2D eigenvalue weighted by molar-refractivity contribution is 5.97. The monoisotopic (exact) mass is 260 g/mol. The minimum absolute atomic E-state index is 0.0545. The third-order valence-corrected chi connectivity index (χ3v) is 3.05. The molecule has 0 bridgehead atoms. The van der Waals surface area contributed by atoms with Gasteiger partial charge in [0, 0.05) is 30.4 Å². The molecule has 0 aliphatic rings. The maximum Gasteiger partial charge on any atom is 0.254 e. The van der Waals surface area contributed by atoms with E-state index in [1.54, 1.807) is 18.7 Å². The van der Waals surface area contributed by atoms with Crippen molar-refractivity contribution in [1.29, 1.82) is 0 Å². The van der Waals surface area contributed by atoms with Gasteiger partial charge < -0.3 is 15.0 Å². The first-order chi connectivity index (χ1) is 8.90. The van der Waals surface area contributed by atoms with Gasteiger partial charge in [-0.1, -0.05) is 6.07 Å². The van der Waals surface area contributed by atoms with Gasteiger partial charge in [-0.15, -0.1) is 0 Å². The molecular formula is C15H20N2O2. The molecule has 102 valence electrons. The minimum atomic E-state index is -0.887. The second-order valence-electron chi connectivity index (χ2n) is 5.41. The molecule has 0 saturated carbocycles. The molecule has 1 aromatic heterocycles. The quantitative estimate of drug-likeness (QED) is 0.887. The molecule has 0 saturated heterocycles. The Bertz CT molecular complexity index is 581. The molecule has 1 aromatic carbocycles. The third kappa shape index (κ3) is 3.15. The highest BCUT2D eigenvalue weighted by atomic mass is 16.3. The Morgan fingerprint density at radius 1 is 1.37 bits per heavy atom. The number of aromatic amines is 1. The standard InChI is InChI=1S/C15H20N2O2/c1-4-17(10-15(2,3)19)14(18)12-6-5-11-7-8-16-13(11)9-12/h5-9,16,19H,4,10H2,1-3H3. The first kappa shape index (κ1) is 13.6. The van der Waals surface area contributed by atoms with Crippen LogP contribution < -0.4 is 0 Å². The SMILES string of the molecule is CCN(CC(C)(C)O)C(=O)c1ccc2cc[nH]c2c1. The Labute approximate surface area is 113 Å². The number of carbonyl (C=O) groups excluding carboxylic acids is 1. The lowest BCUT2D eigenvalue weighted by atomic mass is 10.1. The van der Waals surface area contributed by atoms with Crippen LogP contribution >= 0.6 is 0 Å². The predicted octanol–water partition coefficient (Wildman–Crippen LogP) is 2.40. The Morgan fingerprint density at radius 3 is 2.74 bits per heavy atom. The number of fused-ring (bicyclic) bond motifs is 1. The van der Waals surface area contributed by atoms with E-state index in [0.717, 1.165) is 10.9 Å². The van der Waals surface area contributed by atoms with Crippen molar-refractivity contribution in [3.8, 4) is 0 Å². The van der Waals surface area contributed by atoms with E-state index in [1.165, 1.54) is 0 Å². The average molecular weight is 260 g/mol. The van der Waals surface area contributed by atoms with Crippen LogP contribution in [0.5, 0.6) is 0 Å². The second-order valence-corrected chi connectivity index (χ2v) is 5.41. The fraction of sp³-hybridized carbons (Fsp3) is 0.400. The van der Waals surface area contributed by atoms with Crippen LogP contribution in [0.25, 0.3) is 10.9 Å². The van der Waals surface area contributed by atoms with Gasteiger partial charge in [0.25, 0.3) is 5.91 Å². The zero-order valence-corrected chi connectivity index (χ0v) is 11.6. The molecule has 1 amide bonds. The number of hydrogen-bond donors (Lipinski definition) is 2. The van der Waals surface area contributed by atoms with Gasteiger partial charge in [-0.25, -0.2) is 0 Å². The van der Waals surface area contributed by atoms with Gasteiger partial charge in [-0.2, -0.15) is 0 Å². The number of amides is 1. The lowest BCUT2D eigenvalue weighted by molar-refractivity contribution is 0.0315. The number of likely N-dealkylation sites (N-methyl/N-ethyl adjacent to an activating group) is 1. The van der Waals surface area contributed by atoms with Crippen molar-refractivity contribution in [3.63, 3.8) is 0 Å². The molecule has 0 radical (unpaired) electrons. The van der Waals surface area contributed by atoms with Crippen molar-refractivity contribution in [2.75, 3.05) is 13.1 Å². The van der Waals surface area contributed by atoms with Gasteiger partial charge in [-0.3, -0.25) is 4.79 Å². The van der Waals surface area contributed by atoms with E-state index < -0.39 is 5.60 Å². The van der Waals surface area contributed by atoms with Crippen LogP contribution in [0.1, 0.15) is 31.1 Å². The molecule has 1 heterocycles. The van der Waals surface area contributed by atoms with Gasteiger partial charge in [0.2, 0.25) is 0 Å². The summed E-state index contributed by atoms with van der Waals surface area (Å²) >= 11 is 0. The Hall–Kier alpha value is -1.81. The maximum absolute atomic E-state index is 12.4. The molecular weight excluding hydrogens is 240 g/mol. The molecule has 2 aromatic rings. The molecule has 19 heavy (non-hydrogen) atoms. The Balaban J connectivity index is 2.25. The van der Waals surface area contributed by atoms with Crippen LogP contribution in [0.15, 0.2) is 30.5 Å². The summed E-state index contributed by atoms with van der Waals surface area (Å²) in [6, 6.07) is 7.57. The molecule has 0 spiro atoms. The molecule has 0 fully saturated rings. The normalized spacial score (nSPS) is 11.8. The largest absolute Gasteiger partial charge is 0.389 e. The molecule has 2 N–H and O–H groups in total. The zero-order valence-electron chi connectivity index (χ0n) is 11.6. The van der Waals surface area contributed by atoms with Crippen molar-refractivity contribution in [2.45, 2.75) is 26.4 Å². The fourth-order valence-corrected chi connectivity index (χ4v) is 2.16. The number of hydrogen-bond acceptors (Lipinski definition) is 2. The number of rotatable bonds is 4. The number of nitrogens with one attached hydrogen (secondary N) is 1. The summed E-state index contributed by atoms with van der Waals surface area (Å²) in [5, 5.41) is 10.9. The van der Waals surface area contributed by atoms with Crippen LogP contribution in [-0.4, -0.2) is 39.6 Å². The van der Waals surface area contributed by atoms with E-state index in [9.17, 15) is 9.90 Å². The summed E-state index contributed by atoms with van der Waals surface area (Å²) in [6.45, 7) is 6.22. The summed E-state index contributed by atoms with van der Waals surface area (Å²) in [5.41, 5.74) is 0.702. The minimum Gasteiger partial charge on any atom is -0.389 e. The van der Waals surface area contributed by atoms with Crippen molar-refractivity contribution in [2.24, 2.45) is 0 Å². The highest BCUT2D eigenvalue weighted by Gasteiger charge is 2.22. The number of benzene rings is 1. The van der Waals surface area contributed by atoms with E-state index in [1.807, 2.05) is 37.4 Å². The highest BCUT2D eigenvalue weighted by Crippen LogP contribution is 2.16. The number of carbonyl (C=O) groups is 1. The number of aliphatic hydroxyl groups is 1. The van der Waals surface area contributed by atoms with Gasteiger partial charge >= 0.3 is 0 Å². The van der Waals surface area contributed by atoms with E-state index in [4.69, 9.17) is 0 Å². The molecule has 0 atom stereocenters. The summed E-state index contributed by atoms with van der Waals surface area (Å²) in [6.07, 6.45) is 1.85. The molecule has 4 nitrogen and oxygen atoms in total. The van der Waals surface area contributed by atoms with Crippen molar-refractivity contribution < 1.29 is 9.90 Å². The first-order valence-electron chi connectivity index (χ1n) is 6.49. The van der Waals surface area contributed by atoms with Gasteiger partial charge in [0.1, 0.15) is 0 Å². The predicted molar refractivity (Wildman–Crippen MR) is 76.2 cm³/mol. The summed E-state index contributed by atoms with van der Waals surface area (Å²) in [5.74, 6) is -0.0545. The van der Waals surface area contributed by atoms with E-state index in [2.05, 4.69) is 4.98 Å². The first-order valence-corrected chi connectivity index (χ1v) is 6.49. The molecule has 0 aliphatic heterocycles. The van der Waals surface area contributed by atoms with Crippen LogP contribution in [0.4, 0.5) is 0 Å². The van der Waals surface area contributed by atoms with Crippen molar-refractivity contribution in [1.82, 2.24) is 9.88 Å². The lowest BCUT2D eigenvalue weighted by Crippen LogP contribution is -2.42. The van der Waals surface area contributed by atoms with Crippen LogP contribution in [0.2, 0.25) is 0 Å². The summed E-state index contributed by atoms with van der Waals surface area (Å²) in [4.78, 5) is 17.2. The molecule has 4 heteroatoms. The van der Waals surface area contributed by atoms with Gasteiger partial charge in [0.05, 0.1) is 5.60 Å². The van der Waals surface area contributed by atoms with E-state index in [-0.39, 0.29) is 5.91 Å². The lowest BCUT2D eigenvalue weighted by Gasteiger charge is -2.28. The summed E-state index contributed by atoms with van der Waals surface area (Å²) in [7, 11) is 0. The number of aromatic nitrogens is 1. The fourth-order valence-electron chi connectivity index (χ4n) is 2.16. The number of H-pyrrole nitrogens is 1. The van der Waals surface area contributed by atoms with E-state index in [0.29, 0.717) is 18.7 Å². The molecule has 2 rings (SSSR count). The molecule has 0 unspecified atom stereocenters. The Morgan fingerprint density at radius 2 is 2.11 bits per heavy atom. The second kappa shape index (κ2) is 5.05. The summed E-state index contributed by atoms with van der Waals surface area (Å²) < 4.78 is 0. The zero-order chi connectivity index (χ0) is 14.0. The van der Waals surface area contributed by atoms with Crippen molar-refractivity contribution >= 4 is 16.8 Å². The van der Waals surface area contributed by atoms with Crippen LogP contribution in [-0.2, 0) is 0 Å². The van der Waals surface area contributed by atoms with Gasteiger partial charge in [0.15, 0.2) is 0 Å². The average Bonchev–Trinajstić information content (AvgIpc) is 2.81. The van der Waals surface area contributed by atoms with Crippen LogP contribution in [0.3, 0.4) is 0 Å². The molecule has 0 aliphatic carbocycles. The smallest absolute Gasteiger partial charge is 0.254 e. The third-order valence-electron chi connectivity index (χ3n) is 3.05.